The molecule has 120 valence electrons. The highest BCUT2D eigenvalue weighted by molar-refractivity contribution is 9.10. The summed E-state index contributed by atoms with van der Waals surface area (Å²) in [7, 11) is 0. The van der Waals surface area contributed by atoms with Gasteiger partial charge in [0.25, 0.3) is 0 Å². The van der Waals surface area contributed by atoms with Crippen molar-refractivity contribution in [2.24, 2.45) is 0 Å². The maximum Gasteiger partial charge on any atom is 0.317 e. The van der Waals surface area contributed by atoms with Crippen LogP contribution in [0.1, 0.15) is 37.2 Å². The Labute approximate surface area is 138 Å². The van der Waals surface area contributed by atoms with Gasteiger partial charge in [0, 0.05) is 30.5 Å². The summed E-state index contributed by atoms with van der Waals surface area (Å²) in [4.78, 5) is 24.2. The van der Waals surface area contributed by atoms with Crippen LogP contribution in [-0.2, 0) is 4.79 Å². The second-order valence-corrected chi connectivity index (χ2v) is 6.46. The third kappa shape index (κ3) is 5.02. The van der Waals surface area contributed by atoms with Crippen molar-refractivity contribution in [3.63, 3.8) is 0 Å². The van der Waals surface area contributed by atoms with E-state index in [9.17, 15) is 9.59 Å². The van der Waals surface area contributed by atoms with E-state index in [2.05, 4.69) is 33.4 Å². The van der Waals surface area contributed by atoms with Crippen molar-refractivity contribution in [1.29, 1.82) is 0 Å². The van der Waals surface area contributed by atoms with Crippen LogP contribution < -0.4 is 5.32 Å². The molecule has 1 heterocycles. The van der Waals surface area contributed by atoms with Crippen molar-refractivity contribution >= 4 is 27.9 Å². The summed E-state index contributed by atoms with van der Waals surface area (Å²) in [5, 5.41) is 11.3. The maximum atomic E-state index is 12.0. The Morgan fingerprint density at radius 2 is 2.05 bits per heavy atom. The Morgan fingerprint density at radius 1 is 1.32 bits per heavy atom. The highest BCUT2D eigenvalue weighted by Gasteiger charge is 2.23. The number of likely N-dealkylation sites (tertiary alicyclic amines) is 1. The van der Waals surface area contributed by atoms with Gasteiger partial charge in [0.1, 0.15) is 0 Å². The fourth-order valence-electron chi connectivity index (χ4n) is 2.72. The lowest BCUT2D eigenvalue weighted by molar-refractivity contribution is -0.137. The molecular weight excluding hydrogens is 348 g/mol. The smallest absolute Gasteiger partial charge is 0.317 e. The number of hydrogen-bond donors (Lipinski definition) is 2. The summed E-state index contributed by atoms with van der Waals surface area (Å²) in [6.07, 6.45) is 2.47. The van der Waals surface area contributed by atoms with Gasteiger partial charge < -0.3 is 15.3 Å². The van der Waals surface area contributed by atoms with Gasteiger partial charge in [-0.1, -0.05) is 28.1 Å². The molecule has 2 amide bonds. The van der Waals surface area contributed by atoms with Crippen molar-refractivity contribution in [3.8, 4) is 0 Å². The normalized spacial score (nSPS) is 15.6. The summed E-state index contributed by atoms with van der Waals surface area (Å²) in [6, 6.07) is 8.26. The van der Waals surface area contributed by atoms with Crippen LogP contribution in [0.5, 0.6) is 0 Å². The number of halogens is 1. The van der Waals surface area contributed by atoms with Crippen molar-refractivity contribution in [2.45, 2.75) is 31.6 Å². The first-order valence-corrected chi connectivity index (χ1v) is 8.35. The Balaban J connectivity index is 1.74. The number of nitrogens with zero attached hydrogens (tertiary/aromatic N) is 1. The monoisotopic (exact) mass is 368 g/mol. The second kappa shape index (κ2) is 8.17. The summed E-state index contributed by atoms with van der Waals surface area (Å²) < 4.78 is 1.09. The van der Waals surface area contributed by atoms with Crippen LogP contribution >= 0.6 is 15.9 Å². The van der Waals surface area contributed by atoms with E-state index in [4.69, 9.17) is 5.11 Å². The number of rotatable bonds is 5. The molecule has 2 N–H and O–H groups in total. The summed E-state index contributed by atoms with van der Waals surface area (Å²) in [5.74, 6) is -0.336. The molecule has 0 bridgehead atoms. The number of carboxylic acid groups (broad SMARTS) is 1. The molecule has 1 fully saturated rings. The number of amides is 2. The van der Waals surface area contributed by atoms with Gasteiger partial charge in [-0.3, -0.25) is 4.79 Å². The molecule has 1 aromatic rings. The fourth-order valence-corrected chi connectivity index (χ4v) is 3.14. The van der Waals surface area contributed by atoms with Crippen LogP contribution in [0.25, 0.3) is 0 Å². The summed E-state index contributed by atoms with van der Waals surface area (Å²) >= 11 is 3.49. The minimum absolute atomic E-state index is 0.0851. The molecule has 0 unspecified atom stereocenters. The highest BCUT2D eigenvalue weighted by Crippen LogP contribution is 2.29. The number of carbonyl (C=O) groups is 2. The lowest BCUT2D eigenvalue weighted by atomic mass is 9.90. The van der Waals surface area contributed by atoms with E-state index >= 15 is 0 Å². The average molecular weight is 369 g/mol. The van der Waals surface area contributed by atoms with Crippen LogP contribution in [-0.4, -0.2) is 41.6 Å². The third-order valence-corrected chi connectivity index (χ3v) is 4.44. The van der Waals surface area contributed by atoms with Crippen LogP contribution in [0.2, 0.25) is 0 Å². The zero-order valence-corrected chi connectivity index (χ0v) is 14.0. The Morgan fingerprint density at radius 3 is 2.68 bits per heavy atom. The topological polar surface area (TPSA) is 69.6 Å². The minimum Gasteiger partial charge on any atom is -0.481 e. The third-order valence-electron chi connectivity index (χ3n) is 3.95. The van der Waals surface area contributed by atoms with Gasteiger partial charge in [-0.25, -0.2) is 4.79 Å². The zero-order chi connectivity index (χ0) is 15.9. The van der Waals surface area contributed by atoms with Gasteiger partial charge in [0.15, 0.2) is 0 Å². The van der Waals surface area contributed by atoms with Gasteiger partial charge in [-0.15, -0.1) is 0 Å². The molecule has 5 nitrogen and oxygen atoms in total. The number of benzene rings is 1. The number of nitrogens with one attached hydrogen (secondary N) is 1. The molecule has 0 aromatic heterocycles. The maximum absolute atomic E-state index is 12.0. The molecular formula is C16H21BrN2O3. The first-order chi connectivity index (χ1) is 10.6. The molecule has 0 atom stereocenters. The highest BCUT2D eigenvalue weighted by atomic mass is 79.9. The molecule has 22 heavy (non-hydrogen) atoms. The van der Waals surface area contributed by atoms with Crippen LogP contribution in [0.15, 0.2) is 28.7 Å². The molecule has 0 spiro atoms. The number of aliphatic carboxylic acids is 1. The Hall–Kier alpha value is -1.56. The number of carboxylic acids is 1. The van der Waals surface area contributed by atoms with Crippen molar-refractivity contribution in [1.82, 2.24) is 10.2 Å². The minimum atomic E-state index is -0.830. The second-order valence-electron chi connectivity index (χ2n) is 5.55. The SMILES string of the molecule is O=C(O)CCCNC(=O)N1CCC(c2cccc(Br)c2)CC1. The molecule has 0 radical (unpaired) electrons. The summed E-state index contributed by atoms with van der Waals surface area (Å²) in [5.41, 5.74) is 1.32. The quantitative estimate of drug-likeness (QED) is 0.784. The van der Waals surface area contributed by atoms with Gasteiger partial charge in [0.05, 0.1) is 0 Å². The number of piperidine rings is 1. The molecule has 1 aliphatic rings. The van der Waals surface area contributed by atoms with Gasteiger partial charge >= 0.3 is 12.0 Å². The predicted molar refractivity (Wildman–Crippen MR) is 88.0 cm³/mol. The standard InChI is InChI=1S/C16H21BrN2O3/c17-14-4-1-3-13(11-14)12-6-9-19(10-7-12)16(22)18-8-2-5-15(20)21/h1,3-4,11-12H,2,5-10H2,(H,18,22)(H,20,21). The molecule has 0 saturated carbocycles. The van der Waals surface area contributed by atoms with E-state index in [1.165, 1.54) is 5.56 Å². The predicted octanol–water partition coefficient (Wildman–Crippen LogP) is 3.20. The molecule has 6 heteroatoms. The fraction of sp³-hybridized carbons (Fsp3) is 0.500. The Kier molecular flexibility index (Phi) is 6.24. The largest absolute Gasteiger partial charge is 0.481 e. The van der Waals surface area contributed by atoms with E-state index < -0.39 is 5.97 Å². The Bertz CT molecular complexity index is 528. The first-order valence-electron chi connectivity index (χ1n) is 7.56. The van der Waals surface area contributed by atoms with E-state index in [1.807, 2.05) is 17.0 Å². The number of urea groups is 1. The summed E-state index contributed by atoms with van der Waals surface area (Å²) in [6.45, 7) is 1.89. The zero-order valence-electron chi connectivity index (χ0n) is 12.4. The van der Waals surface area contributed by atoms with Crippen molar-refractivity contribution in [3.05, 3.63) is 34.3 Å². The van der Waals surface area contributed by atoms with Gasteiger partial charge in [0.2, 0.25) is 0 Å². The average Bonchev–Trinajstić information content (AvgIpc) is 2.51. The number of carbonyl (C=O) groups excluding carboxylic acids is 1. The molecule has 1 saturated heterocycles. The lowest BCUT2D eigenvalue weighted by Gasteiger charge is -2.32. The van der Waals surface area contributed by atoms with E-state index in [-0.39, 0.29) is 12.5 Å². The molecule has 1 aliphatic heterocycles. The van der Waals surface area contributed by atoms with Crippen LogP contribution in [0.3, 0.4) is 0 Å². The lowest BCUT2D eigenvalue weighted by Crippen LogP contribution is -2.44. The number of hydrogen-bond acceptors (Lipinski definition) is 2. The van der Waals surface area contributed by atoms with Crippen molar-refractivity contribution in [2.75, 3.05) is 19.6 Å². The van der Waals surface area contributed by atoms with E-state index in [0.717, 1.165) is 30.4 Å². The van der Waals surface area contributed by atoms with Crippen LogP contribution in [0, 0.1) is 0 Å². The van der Waals surface area contributed by atoms with E-state index in [1.54, 1.807) is 0 Å². The van der Waals surface area contributed by atoms with Crippen molar-refractivity contribution < 1.29 is 14.7 Å². The van der Waals surface area contributed by atoms with Gasteiger partial charge in [-0.05, 0) is 42.9 Å². The molecule has 1 aromatic carbocycles. The molecule has 2 rings (SSSR count). The molecule has 0 aliphatic carbocycles. The van der Waals surface area contributed by atoms with Gasteiger partial charge in [-0.2, -0.15) is 0 Å². The van der Waals surface area contributed by atoms with Crippen LogP contribution in [0.4, 0.5) is 4.79 Å². The first kappa shape index (κ1) is 16.8. The van der Waals surface area contributed by atoms with E-state index in [0.29, 0.717) is 18.9 Å².